The van der Waals surface area contributed by atoms with E-state index in [9.17, 15) is 9.90 Å². The van der Waals surface area contributed by atoms with Gasteiger partial charge in [-0.2, -0.15) is 0 Å². The zero-order valence-electron chi connectivity index (χ0n) is 9.23. The lowest BCUT2D eigenvalue weighted by molar-refractivity contribution is -0.117. The van der Waals surface area contributed by atoms with E-state index in [-0.39, 0.29) is 19.7 Å². The minimum Gasteiger partial charge on any atom is -0.491 e. The topological polar surface area (TPSA) is 84.6 Å². The van der Waals surface area contributed by atoms with Crippen molar-refractivity contribution in [1.82, 2.24) is 5.32 Å². The number of primary amides is 1. The largest absolute Gasteiger partial charge is 0.491 e. The first-order valence-corrected chi connectivity index (χ1v) is 5.92. The number of carbonyl (C=O) groups is 1. The second-order valence-corrected chi connectivity index (χ2v) is 4.44. The van der Waals surface area contributed by atoms with Gasteiger partial charge in [-0.15, -0.1) is 0 Å². The first-order valence-electron chi connectivity index (χ1n) is 5.13. The van der Waals surface area contributed by atoms with Crippen molar-refractivity contribution in [2.24, 2.45) is 5.73 Å². The van der Waals surface area contributed by atoms with Gasteiger partial charge in [0, 0.05) is 11.0 Å². The number of hydrogen-bond donors (Lipinski definition) is 3. The third kappa shape index (κ3) is 6.25. The Kier molecular flexibility index (Phi) is 5.96. The summed E-state index contributed by atoms with van der Waals surface area (Å²) in [5.74, 6) is 0.221. The maximum absolute atomic E-state index is 10.4. The Hall–Kier alpha value is -1.11. The zero-order valence-corrected chi connectivity index (χ0v) is 10.8. The summed E-state index contributed by atoms with van der Waals surface area (Å²) in [4.78, 5) is 10.4. The van der Waals surface area contributed by atoms with Crippen LogP contribution >= 0.6 is 15.9 Å². The summed E-state index contributed by atoms with van der Waals surface area (Å²) in [5.41, 5.74) is 4.94. The number of hydrogen-bond acceptors (Lipinski definition) is 4. The first kappa shape index (κ1) is 14.0. The van der Waals surface area contributed by atoms with Crippen LogP contribution in [0.2, 0.25) is 0 Å². The van der Waals surface area contributed by atoms with Crippen LogP contribution in [0.5, 0.6) is 5.75 Å². The molecule has 0 aliphatic carbocycles. The molecule has 4 N–H and O–H groups in total. The molecule has 17 heavy (non-hydrogen) atoms. The molecule has 0 radical (unpaired) electrons. The van der Waals surface area contributed by atoms with Crippen molar-refractivity contribution >= 4 is 21.8 Å². The molecule has 0 saturated heterocycles. The average molecular weight is 303 g/mol. The predicted octanol–water partition coefficient (Wildman–Crippen LogP) is 0.264. The van der Waals surface area contributed by atoms with E-state index in [1.807, 2.05) is 18.2 Å². The summed E-state index contributed by atoms with van der Waals surface area (Å²) in [6, 6.07) is 7.34. The highest BCUT2D eigenvalue weighted by Crippen LogP contribution is 2.17. The van der Waals surface area contributed by atoms with Gasteiger partial charge in [-0.1, -0.05) is 22.0 Å². The molecule has 0 bridgehead atoms. The smallest absolute Gasteiger partial charge is 0.231 e. The molecule has 0 fully saturated rings. The molecule has 0 aliphatic rings. The minimum absolute atomic E-state index is 0.0495. The molecule has 94 valence electrons. The highest BCUT2D eigenvalue weighted by molar-refractivity contribution is 9.10. The van der Waals surface area contributed by atoms with Gasteiger partial charge in [-0.3, -0.25) is 4.79 Å². The lowest BCUT2D eigenvalue weighted by Gasteiger charge is -2.12. The molecule has 0 saturated carbocycles. The molecule has 0 spiro atoms. The molecule has 1 rings (SSSR count). The normalized spacial score (nSPS) is 12.1. The van der Waals surface area contributed by atoms with Gasteiger partial charge in [-0.05, 0) is 18.2 Å². The van der Waals surface area contributed by atoms with Crippen LogP contribution in [-0.2, 0) is 4.79 Å². The Morgan fingerprint density at radius 2 is 2.35 bits per heavy atom. The van der Waals surface area contributed by atoms with Crippen molar-refractivity contribution in [3.63, 3.8) is 0 Å². The van der Waals surface area contributed by atoms with Crippen molar-refractivity contribution in [3.8, 4) is 5.75 Å². The Balaban J connectivity index is 2.23. The molecule has 5 nitrogen and oxygen atoms in total. The van der Waals surface area contributed by atoms with E-state index >= 15 is 0 Å². The Morgan fingerprint density at radius 1 is 1.59 bits per heavy atom. The third-order valence-corrected chi connectivity index (χ3v) is 2.41. The maximum Gasteiger partial charge on any atom is 0.231 e. The number of nitrogens with two attached hydrogens (primary N) is 1. The number of aliphatic hydroxyl groups is 1. The van der Waals surface area contributed by atoms with Gasteiger partial charge in [0.1, 0.15) is 18.5 Å². The second kappa shape index (κ2) is 7.26. The summed E-state index contributed by atoms with van der Waals surface area (Å²) in [6.07, 6.45) is -0.687. The summed E-state index contributed by atoms with van der Waals surface area (Å²) < 4.78 is 6.28. The van der Waals surface area contributed by atoms with E-state index in [1.165, 1.54) is 0 Å². The number of benzene rings is 1. The standard InChI is InChI=1S/C11H15BrN2O3/c12-8-2-1-3-10(4-8)17-7-9(15)5-14-6-11(13)16/h1-4,9,14-15H,5-7H2,(H2,13,16). The van der Waals surface area contributed by atoms with Crippen LogP contribution in [0, 0.1) is 0 Å². The summed E-state index contributed by atoms with van der Waals surface area (Å²) in [6.45, 7) is 0.465. The molecule has 1 aromatic carbocycles. The fourth-order valence-corrected chi connectivity index (χ4v) is 1.55. The summed E-state index contributed by atoms with van der Waals surface area (Å²) >= 11 is 3.32. The summed E-state index contributed by atoms with van der Waals surface area (Å²) in [5, 5.41) is 12.3. The van der Waals surface area contributed by atoms with Crippen LogP contribution in [-0.4, -0.2) is 36.8 Å². The minimum atomic E-state index is -0.687. The lowest BCUT2D eigenvalue weighted by atomic mass is 10.3. The van der Waals surface area contributed by atoms with E-state index in [0.717, 1.165) is 4.47 Å². The van der Waals surface area contributed by atoms with Crippen molar-refractivity contribution in [2.45, 2.75) is 6.10 Å². The third-order valence-electron chi connectivity index (χ3n) is 1.92. The van der Waals surface area contributed by atoms with E-state index < -0.39 is 12.0 Å². The zero-order chi connectivity index (χ0) is 12.7. The van der Waals surface area contributed by atoms with Gasteiger partial charge in [0.05, 0.1) is 6.54 Å². The number of ether oxygens (including phenoxy) is 1. The van der Waals surface area contributed by atoms with E-state index in [0.29, 0.717) is 5.75 Å². The van der Waals surface area contributed by atoms with Crippen LogP contribution in [0.1, 0.15) is 0 Å². The van der Waals surface area contributed by atoms with Crippen LogP contribution in [0.15, 0.2) is 28.7 Å². The fraction of sp³-hybridized carbons (Fsp3) is 0.364. The van der Waals surface area contributed by atoms with Crippen LogP contribution in [0.3, 0.4) is 0 Å². The molecule has 0 heterocycles. The molecule has 1 aromatic rings. The molecule has 0 aliphatic heterocycles. The molecule has 0 aromatic heterocycles. The first-order chi connectivity index (χ1) is 8.08. The van der Waals surface area contributed by atoms with Crippen LogP contribution in [0.4, 0.5) is 0 Å². The SMILES string of the molecule is NC(=O)CNCC(O)COc1cccc(Br)c1. The Bertz CT molecular complexity index is 373. The van der Waals surface area contributed by atoms with Crippen molar-refractivity contribution in [3.05, 3.63) is 28.7 Å². The second-order valence-electron chi connectivity index (χ2n) is 3.52. The highest BCUT2D eigenvalue weighted by Gasteiger charge is 2.05. The number of rotatable bonds is 7. The monoisotopic (exact) mass is 302 g/mol. The van der Waals surface area contributed by atoms with E-state index in [1.54, 1.807) is 6.07 Å². The molecule has 6 heteroatoms. The van der Waals surface area contributed by atoms with Crippen molar-refractivity contribution in [2.75, 3.05) is 19.7 Å². The van der Waals surface area contributed by atoms with Gasteiger partial charge in [0.2, 0.25) is 5.91 Å². The molecule has 1 atom stereocenters. The van der Waals surface area contributed by atoms with Crippen molar-refractivity contribution in [1.29, 1.82) is 0 Å². The van der Waals surface area contributed by atoms with Gasteiger partial charge >= 0.3 is 0 Å². The highest BCUT2D eigenvalue weighted by atomic mass is 79.9. The van der Waals surface area contributed by atoms with Crippen LogP contribution < -0.4 is 15.8 Å². The number of nitrogens with one attached hydrogen (secondary N) is 1. The molecule has 1 unspecified atom stereocenters. The quantitative estimate of drug-likeness (QED) is 0.675. The van der Waals surface area contributed by atoms with E-state index in [2.05, 4.69) is 21.2 Å². The van der Waals surface area contributed by atoms with Gasteiger partial charge in [0.15, 0.2) is 0 Å². The predicted molar refractivity (Wildman–Crippen MR) is 67.7 cm³/mol. The van der Waals surface area contributed by atoms with E-state index in [4.69, 9.17) is 10.5 Å². The Labute approximate surface area is 108 Å². The number of amides is 1. The average Bonchev–Trinajstić information content (AvgIpc) is 2.26. The lowest BCUT2D eigenvalue weighted by Crippen LogP contribution is -2.36. The number of aliphatic hydroxyl groups excluding tert-OH is 1. The summed E-state index contributed by atoms with van der Waals surface area (Å²) in [7, 11) is 0. The number of halogens is 1. The van der Waals surface area contributed by atoms with Crippen molar-refractivity contribution < 1.29 is 14.6 Å². The maximum atomic E-state index is 10.4. The van der Waals surface area contributed by atoms with Gasteiger partial charge < -0.3 is 20.9 Å². The molecular weight excluding hydrogens is 288 g/mol. The fourth-order valence-electron chi connectivity index (χ4n) is 1.17. The number of carbonyl (C=O) groups excluding carboxylic acids is 1. The van der Waals surface area contributed by atoms with Crippen LogP contribution in [0.25, 0.3) is 0 Å². The molecule has 1 amide bonds. The molecular formula is C11H15BrN2O3. The van der Waals surface area contributed by atoms with Gasteiger partial charge in [-0.25, -0.2) is 0 Å². The van der Waals surface area contributed by atoms with Gasteiger partial charge in [0.25, 0.3) is 0 Å². The Morgan fingerprint density at radius 3 is 3.00 bits per heavy atom.